The van der Waals surface area contributed by atoms with Crippen LogP contribution in [-0.2, 0) is 22.1 Å². The number of hydrogen-bond acceptors (Lipinski definition) is 14. The van der Waals surface area contributed by atoms with E-state index in [-0.39, 0.29) is 6.61 Å². The number of hydrogen-bond donors (Lipinski definition) is 3. The summed E-state index contributed by atoms with van der Waals surface area (Å²) < 4.78 is 19.1. The highest BCUT2D eigenvalue weighted by Gasteiger charge is 2.28. The molecule has 4 N–H and O–H groups in total. The van der Waals surface area contributed by atoms with Crippen LogP contribution in [0.15, 0.2) is 6.20 Å². The van der Waals surface area contributed by atoms with Gasteiger partial charge in [-0.15, -0.1) is 0 Å². The van der Waals surface area contributed by atoms with Crippen molar-refractivity contribution in [3.05, 3.63) is 33.2 Å². The monoisotopic (exact) mass is 499 g/mol. The molecule has 1 atom stereocenters. The lowest BCUT2D eigenvalue weighted by Gasteiger charge is -2.36. The Labute approximate surface area is 181 Å². The lowest BCUT2D eigenvalue weighted by atomic mass is 10.2. The summed E-state index contributed by atoms with van der Waals surface area (Å²) in [5.74, 6) is 1.08. The Morgan fingerprint density at radius 2 is 1.65 bits per heavy atom. The zero-order valence-electron chi connectivity index (χ0n) is 16.7. The van der Waals surface area contributed by atoms with Gasteiger partial charge in [-0.25, -0.2) is 9.97 Å². The van der Waals surface area contributed by atoms with Crippen molar-refractivity contribution >= 4 is 32.8 Å². The highest BCUT2D eigenvalue weighted by atomic mass is 32.1. The minimum atomic E-state index is -5.39. The van der Waals surface area contributed by atoms with Crippen LogP contribution in [0, 0.1) is 13.8 Å². The molecule has 0 aliphatic rings. The maximum Gasteiger partial charge on any atom is 0.269 e. The molecule has 2 rings (SSSR count). The summed E-state index contributed by atoms with van der Waals surface area (Å²) in [7, 11) is -10.8. The molecule has 2 aromatic rings. The van der Waals surface area contributed by atoms with Gasteiger partial charge < -0.3 is 54.4 Å². The predicted molar refractivity (Wildman–Crippen MR) is 96.2 cm³/mol. The third-order valence-corrected chi connectivity index (χ3v) is 4.96. The highest BCUT2D eigenvalue weighted by molar-refractivity contribution is 7.40. The average Bonchev–Trinajstić information content (AvgIpc) is 2.90. The Hall–Kier alpha value is -1.35. The van der Waals surface area contributed by atoms with E-state index in [0.29, 0.717) is 18.2 Å². The van der Waals surface area contributed by atoms with Gasteiger partial charge in [0.05, 0.1) is 17.0 Å². The molecule has 2 heterocycles. The van der Waals surface area contributed by atoms with Crippen LogP contribution in [0.1, 0.15) is 40.0 Å². The Morgan fingerprint density at radius 3 is 2.03 bits per heavy atom. The van der Waals surface area contributed by atoms with E-state index in [0.717, 1.165) is 22.7 Å². The fourth-order valence-electron chi connectivity index (χ4n) is 2.23. The predicted octanol–water partition coefficient (Wildman–Crippen LogP) is -4.99. The first-order valence-corrected chi connectivity index (χ1v) is 12.1. The SMILES string of the molecule is CCc1sc(C(O)CO)[n+](Cc2cnc(C)nc2N)c1C.O=P([O-])([O-])[O-].O=P([O-])([O-])[O-]. The maximum atomic E-state index is 10.0. The Morgan fingerprint density at radius 1 is 1.16 bits per heavy atom. The van der Waals surface area contributed by atoms with E-state index >= 15 is 0 Å². The van der Waals surface area contributed by atoms with Gasteiger partial charge in [0.25, 0.3) is 5.01 Å². The van der Waals surface area contributed by atoms with Crippen LogP contribution in [0.25, 0.3) is 0 Å². The normalized spacial score (nSPS) is 12.4. The molecule has 0 saturated heterocycles. The zero-order valence-corrected chi connectivity index (χ0v) is 19.3. The molecule has 0 bridgehead atoms. The molecule has 178 valence electrons. The number of aryl methyl sites for hydroxylation is 2. The van der Waals surface area contributed by atoms with Crippen molar-refractivity contribution in [3.8, 4) is 0 Å². The molecular weight excluding hydrogens is 478 g/mol. The second-order valence-electron chi connectivity index (χ2n) is 5.81. The molecule has 14 nitrogen and oxygen atoms in total. The number of phosphoric acid groups is 2. The van der Waals surface area contributed by atoms with E-state index in [9.17, 15) is 10.2 Å². The first-order valence-electron chi connectivity index (χ1n) is 8.32. The van der Waals surface area contributed by atoms with Crippen LogP contribution in [0.3, 0.4) is 0 Å². The maximum absolute atomic E-state index is 10.0. The van der Waals surface area contributed by atoms with E-state index in [1.807, 2.05) is 11.5 Å². The zero-order chi connectivity index (χ0) is 24.6. The lowest BCUT2D eigenvalue weighted by molar-refractivity contribution is -0.700. The van der Waals surface area contributed by atoms with Gasteiger partial charge in [0.15, 0.2) is 18.3 Å². The van der Waals surface area contributed by atoms with Crippen molar-refractivity contribution in [1.29, 1.82) is 0 Å². The summed E-state index contributed by atoms with van der Waals surface area (Å²) in [6.07, 6.45) is 1.71. The average molecular weight is 499 g/mol. The van der Waals surface area contributed by atoms with Gasteiger partial charge in [0.1, 0.15) is 11.6 Å². The molecule has 0 fully saturated rings. The second-order valence-corrected chi connectivity index (χ2v) is 8.71. The molecule has 1 unspecified atom stereocenters. The summed E-state index contributed by atoms with van der Waals surface area (Å²) in [6.45, 7) is 6.05. The topological polar surface area (TPSA) is 269 Å². The fourth-order valence-corrected chi connectivity index (χ4v) is 3.40. The van der Waals surface area contributed by atoms with Crippen molar-refractivity contribution in [2.24, 2.45) is 0 Å². The second kappa shape index (κ2) is 12.6. The van der Waals surface area contributed by atoms with Crippen molar-refractivity contribution in [2.75, 3.05) is 12.3 Å². The number of anilines is 1. The summed E-state index contributed by atoms with van der Waals surface area (Å²) >= 11 is 1.52. The van der Waals surface area contributed by atoms with Gasteiger partial charge in [-0.3, -0.25) is 0 Å². The number of rotatable bonds is 5. The molecule has 0 amide bonds. The minimum absolute atomic E-state index is 0.303. The van der Waals surface area contributed by atoms with E-state index in [1.165, 1.54) is 16.2 Å². The van der Waals surface area contributed by atoms with Gasteiger partial charge in [-0.05, 0) is 13.3 Å². The van der Waals surface area contributed by atoms with Gasteiger partial charge >= 0.3 is 0 Å². The summed E-state index contributed by atoms with van der Waals surface area (Å²) in [5, 5.41) is 20.0. The fraction of sp³-hybridized carbons (Fsp3) is 0.500. The number of thiazole rings is 1. The van der Waals surface area contributed by atoms with Crippen molar-refractivity contribution in [3.63, 3.8) is 0 Å². The Kier molecular flexibility index (Phi) is 12.1. The van der Waals surface area contributed by atoms with Crippen LogP contribution in [0.4, 0.5) is 5.82 Å². The van der Waals surface area contributed by atoms with Crippen LogP contribution < -0.4 is 39.7 Å². The van der Waals surface area contributed by atoms with Gasteiger partial charge in [0.2, 0.25) is 0 Å². The van der Waals surface area contributed by atoms with Crippen LogP contribution in [-0.4, -0.2) is 26.8 Å². The highest BCUT2D eigenvalue weighted by Crippen LogP contribution is 2.23. The smallest absolute Gasteiger partial charge is 0.269 e. The van der Waals surface area contributed by atoms with Crippen molar-refractivity contribution in [1.82, 2.24) is 9.97 Å². The van der Waals surface area contributed by atoms with Crippen LogP contribution >= 0.6 is 27.0 Å². The standard InChI is InChI=1S/C14H21N4O2S.2H3O4P/c1-4-12-8(2)18(14(21-12)11(20)7-19)6-10-5-16-9(3)17-13(10)15;2*1-5(2,3)4/h5,11,19-20H,4,6-7H2,1-3H3,(H2,15,16,17);2*(H3,1,2,3,4)/q+1;;/p-6. The molecule has 0 saturated carbocycles. The van der Waals surface area contributed by atoms with E-state index in [4.69, 9.17) is 44.2 Å². The van der Waals surface area contributed by atoms with Crippen LogP contribution in [0.2, 0.25) is 0 Å². The third kappa shape index (κ3) is 12.9. The Bertz CT molecular complexity index is 909. The number of nitrogens with zero attached hydrogens (tertiary/aromatic N) is 3. The molecular formula is C14H21N4O10P2S-5. The van der Waals surface area contributed by atoms with Crippen LogP contribution in [0.5, 0.6) is 0 Å². The number of nitrogen functional groups attached to an aromatic ring is 1. The molecule has 0 aliphatic heterocycles. The molecule has 0 aliphatic carbocycles. The minimum Gasteiger partial charge on any atom is -0.822 e. The molecule has 0 radical (unpaired) electrons. The number of aromatic nitrogens is 3. The molecule has 0 spiro atoms. The number of aliphatic hydroxyl groups is 2. The first kappa shape index (κ1) is 29.7. The van der Waals surface area contributed by atoms with Gasteiger partial charge in [-0.2, -0.15) is 20.2 Å². The van der Waals surface area contributed by atoms with Gasteiger partial charge in [-0.1, -0.05) is 18.3 Å². The van der Waals surface area contributed by atoms with Crippen molar-refractivity contribution in [2.45, 2.75) is 39.8 Å². The quantitative estimate of drug-likeness (QED) is 0.257. The summed E-state index contributed by atoms with van der Waals surface area (Å²) in [6, 6.07) is 0. The molecule has 2 aromatic heterocycles. The molecule has 0 aromatic carbocycles. The van der Waals surface area contributed by atoms with Gasteiger partial charge in [0, 0.05) is 13.1 Å². The largest absolute Gasteiger partial charge is 0.822 e. The van der Waals surface area contributed by atoms with E-state index < -0.39 is 21.7 Å². The Balaban J connectivity index is 0.000000752. The van der Waals surface area contributed by atoms with E-state index in [1.54, 1.807) is 13.1 Å². The third-order valence-electron chi connectivity index (χ3n) is 3.43. The van der Waals surface area contributed by atoms with E-state index in [2.05, 4.69) is 16.9 Å². The number of nitrogens with two attached hydrogens (primary N) is 1. The summed E-state index contributed by atoms with van der Waals surface area (Å²) in [4.78, 5) is 60.8. The van der Waals surface area contributed by atoms with Crippen molar-refractivity contribution < 1.29 is 53.3 Å². The first-order chi connectivity index (χ1) is 14.0. The summed E-state index contributed by atoms with van der Waals surface area (Å²) in [5.41, 5.74) is 7.82. The molecule has 17 heteroatoms. The lowest BCUT2D eigenvalue weighted by Crippen LogP contribution is -2.41. The number of aliphatic hydroxyl groups excluding tert-OH is 2. The molecule has 31 heavy (non-hydrogen) atoms.